The Labute approximate surface area is 170 Å². The smallest absolute Gasteiger partial charge is 0.376 e. The summed E-state index contributed by atoms with van der Waals surface area (Å²) in [6, 6.07) is 0. The van der Waals surface area contributed by atoms with Gasteiger partial charge in [-0.25, -0.2) is 0 Å². The molecule has 158 valence electrons. The van der Waals surface area contributed by atoms with Gasteiger partial charge in [-0.3, -0.25) is 4.48 Å². The lowest BCUT2D eigenvalue weighted by Gasteiger charge is -2.39. The summed E-state index contributed by atoms with van der Waals surface area (Å²) in [6.07, 6.45) is 23.9. The average Bonchev–Trinajstić information content (AvgIpc) is 2.60. The van der Waals surface area contributed by atoms with Gasteiger partial charge in [0.25, 0.3) is 5.28 Å². The van der Waals surface area contributed by atoms with Gasteiger partial charge in [0, 0.05) is 12.8 Å². The van der Waals surface area contributed by atoms with Crippen molar-refractivity contribution < 1.29 is 13.9 Å². The molecule has 0 saturated heterocycles. The van der Waals surface area contributed by atoms with Crippen molar-refractivity contribution in [3.63, 3.8) is 0 Å². The minimum absolute atomic E-state index is 0.491. The molecule has 3 nitrogen and oxygen atoms in total. The molecule has 27 heavy (non-hydrogen) atoms. The Morgan fingerprint density at radius 3 is 1.52 bits per heavy atom. The second kappa shape index (κ2) is 15.4. The summed E-state index contributed by atoms with van der Waals surface area (Å²) >= 11 is 0. The van der Waals surface area contributed by atoms with Crippen LogP contribution in [-0.4, -0.2) is 30.9 Å². The molecule has 0 aliphatic heterocycles. The second-order valence-corrected chi connectivity index (χ2v) is 9.92. The predicted molar refractivity (Wildman–Crippen MR) is 118 cm³/mol. The standard InChI is InChI=1S/C23H45NO2P/c1-6-8-9-10-11-12-13-14-15-16-17-18-19-20-21-22-23(7-2,27(25)26)24(3,4)5/h11-12,17-18H,6-10,13-16,19-22H2,1-5H3/q+1/b12-11-,18-17-. The first-order chi connectivity index (χ1) is 12.8. The molecule has 0 aliphatic carbocycles. The number of quaternary nitrogens is 1. The zero-order valence-corrected chi connectivity index (χ0v) is 19.6. The fourth-order valence-corrected chi connectivity index (χ4v) is 4.72. The number of hydrogen-bond donors (Lipinski definition) is 0. The van der Waals surface area contributed by atoms with Crippen LogP contribution in [0.4, 0.5) is 0 Å². The number of allylic oxidation sites excluding steroid dienone is 4. The monoisotopic (exact) mass is 398 g/mol. The van der Waals surface area contributed by atoms with Gasteiger partial charge in [0.1, 0.15) is 0 Å². The van der Waals surface area contributed by atoms with Gasteiger partial charge in [0.05, 0.1) is 21.1 Å². The molecule has 0 aromatic rings. The van der Waals surface area contributed by atoms with Gasteiger partial charge in [-0.15, -0.1) is 0 Å². The maximum atomic E-state index is 11.9. The predicted octanol–water partition coefficient (Wildman–Crippen LogP) is 6.72. The zero-order chi connectivity index (χ0) is 20.6. The molecular weight excluding hydrogens is 353 g/mol. The Balaban J connectivity index is 3.82. The van der Waals surface area contributed by atoms with E-state index in [1.165, 1.54) is 44.9 Å². The lowest BCUT2D eigenvalue weighted by Crippen LogP contribution is -2.55. The summed E-state index contributed by atoms with van der Waals surface area (Å²) in [5, 5.41) is -0.622. The molecule has 0 heterocycles. The van der Waals surface area contributed by atoms with E-state index in [9.17, 15) is 9.46 Å². The SMILES string of the molecule is CCCCC/C=C\CCCC/C=C\CCCCC(CC)([P+](=O)[O-])[N+](C)(C)C. The molecule has 0 rings (SSSR count). The summed E-state index contributed by atoms with van der Waals surface area (Å²) in [7, 11) is 3.55. The van der Waals surface area contributed by atoms with Gasteiger partial charge in [0.2, 0.25) is 0 Å². The molecule has 0 N–H and O–H groups in total. The molecule has 2 unspecified atom stereocenters. The molecule has 0 fully saturated rings. The van der Waals surface area contributed by atoms with Crippen LogP contribution in [0.25, 0.3) is 0 Å². The van der Waals surface area contributed by atoms with Crippen molar-refractivity contribution in [1.29, 1.82) is 0 Å². The van der Waals surface area contributed by atoms with Gasteiger partial charge < -0.3 is 4.89 Å². The van der Waals surface area contributed by atoms with Crippen LogP contribution in [-0.2, 0) is 4.57 Å². The van der Waals surface area contributed by atoms with Gasteiger partial charge in [0.15, 0.2) is 0 Å². The van der Waals surface area contributed by atoms with Crippen molar-refractivity contribution in [3.8, 4) is 0 Å². The van der Waals surface area contributed by atoms with Crippen molar-refractivity contribution in [3.05, 3.63) is 24.3 Å². The molecule has 0 saturated carbocycles. The molecule has 0 radical (unpaired) electrons. The van der Waals surface area contributed by atoms with Crippen molar-refractivity contribution >= 4 is 8.03 Å². The van der Waals surface area contributed by atoms with Crippen molar-refractivity contribution in [2.24, 2.45) is 0 Å². The van der Waals surface area contributed by atoms with E-state index in [1.54, 1.807) is 0 Å². The first-order valence-electron chi connectivity index (χ1n) is 11.1. The summed E-state index contributed by atoms with van der Waals surface area (Å²) in [5.41, 5.74) is 0. The van der Waals surface area contributed by atoms with Crippen LogP contribution in [0, 0.1) is 0 Å². The van der Waals surface area contributed by atoms with Crippen molar-refractivity contribution in [1.82, 2.24) is 0 Å². The first-order valence-corrected chi connectivity index (χ1v) is 12.3. The van der Waals surface area contributed by atoms with Crippen molar-refractivity contribution in [2.45, 2.75) is 103 Å². The van der Waals surface area contributed by atoms with Crippen LogP contribution >= 0.6 is 8.03 Å². The molecule has 4 heteroatoms. The van der Waals surface area contributed by atoms with E-state index < -0.39 is 13.3 Å². The largest absolute Gasteiger partial charge is 0.590 e. The summed E-state index contributed by atoms with van der Waals surface area (Å²) in [6.45, 7) is 4.24. The highest BCUT2D eigenvalue weighted by atomic mass is 31.1. The third-order valence-electron chi connectivity index (χ3n) is 5.65. The van der Waals surface area contributed by atoms with E-state index in [1.807, 2.05) is 28.1 Å². The lowest BCUT2D eigenvalue weighted by atomic mass is 10.0. The van der Waals surface area contributed by atoms with Crippen molar-refractivity contribution in [2.75, 3.05) is 21.1 Å². The highest BCUT2D eigenvalue weighted by molar-refractivity contribution is 7.38. The number of rotatable bonds is 17. The molecule has 0 aromatic heterocycles. The molecule has 0 bridgehead atoms. The van der Waals surface area contributed by atoms with E-state index in [0.717, 1.165) is 32.1 Å². The Hall–Kier alpha value is -0.500. The van der Waals surface area contributed by atoms with Gasteiger partial charge >= 0.3 is 8.03 Å². The van der Waals surface area contributed by atoms with Gasteiger partial charge in [-0.2, -0.15) is 0 Å². The lowest BCUT2D eigenvalue weighted by molar-refractivity contribution is -0.910. The third-order valence-corrected chi connectivity index (χ3v) is 7.47. The van der Waals surface area contributed by atoms with Crippen LogP contribution in [0.15, 0.2) is 24.3 Å². The number of unbranched alkanes of at least 4 members (excludes halogenated alkanes) is 8. The quantitative estimate of drug-likeness (QED) is 0.118. The highest BCUT2D eigenvalue weighted by Crippen LogP contribution is 2.44. The molecule has 0 aromatic carbocycles. The molecule has 2 atom stereocenters. The molecule has 0 spiro atoms. The van der Waals surface area contributed by atoms with E-state index in [4.69, 9.17) is 0 Å². The van der Waals surface area contributed by atoms with Crippen LogP contribution in [0.5, 0.6) is 0 Å². The van der Waals surface area contributed by atoms with Crippen LogP contribution < -0.4 is 4.89 Å². The Morgan fingerprint density at radius 1 is 0.778 bits per heavy atom. The van der Waals surface area contributed by atoms with E-state index in [2.05, 4.69) is 31.2 Å². The first kappa shape index (κ1) is 26.5. The third kappa shape index (κ3) is 11.2. The summed E-state index contributed by atoms with van der Waals surface area (Å²) in [5.74, 6) is 0. The maximum absolute atomic E-state index is 11.9. The fraction of sp³-hybridized carbons (Fsp3) is 0.826. The normalized spacial score (nSPS) is 15.6. The molecule has 0 amide bonds. The molecule has 0 aliphatic rings. The van der Waals surface area contributed by atoms with E-state index in [0.29, 0.717) is 10.9 Å². The topological polar surface area (TPSA) is 40.1 Å². The summed E-state index contributed by atoms with van der Waals surface area (Å²) in [4.78, 5) is 11.9. The number of hydrogen-bond acceptors (Lipinski definition) is 2. The maximum Gasteiger partial charge on any atom is 0.376 e. The molecular formula is C23H45NO2P+. The van der Waals surface area contributed by atoms with E-state index >= 15 is 0 Å². The Bertz CT molecular complexity index is 440. The van der Waals surface area contributed by atoms with Crippen LogP contribution in [0.3, 0.4) is 0 Å². The zero-order valence-electron chi connectivity index (χ0n) is 18.7. The van der Waals surface area contributed by atoms with Crippen LogP contribution in [0.1, 0.15) is 97.3 Å². The minimum atomic E-state index is -2.43. The summed E-state index contributed by atoms with van der Waals surface area (Å²) < 4.78 is 12.4. The minimum Gasteiger partial charge on any atom is -0.590 e. The fourth-order valence-electron chi connectivity index (χ4n) is 3.63. The van der Waals surface area contributed by atoms with Gasteiger partial charge in [-0.05, 0) is 57.8 Å². The second-order valence-electron chi connectivity index (χ2n) is 8.57. The van der Waals surface area contributed by atoms with E-state index in [-0.39, 0.29) is 0 Å². The van der Waals surface area contributed by atoms with Crippen LogP contribution in [0.2, 0.25) is 0 Å². The Morgan fingerprint density at radius 2 is 1.19 bits per heavy atom. The van der Waals surface area contributed by atoms with Gasteiger partial charge in [-0.1, -0.05) is 55.6 Å². The number of nitrogens with zero attached hydrogens (tertiary/aromatic N) is 1. The highest BCUT2D eigenvalue weighted by Gasteiger charge is 2.52. The average molecular weight is 399 g/mol. The Kier molecular flexibility index (Phi) is 15.1.